The van der Waals surface area contributed by atoms with Crippen LogP contribution in [0.2, 0.25) is 0 Å². The Bertz CT molecular complexity index is 488. The number of likely N-dealkylation sites (tertiary alicyclic amines) is 1. The summed E-state index contributed by atoms with van der Waals surface area (Å²) in [7, 11) is 0. The SMILES string of the molecule is OC1CCC2CN(Cc3cccc4c3NCC4)CC12. The van der Waals surface area contributed by atoms with E-state index in [1.54, 1.807) is 0 Å². The molecule has 3 atom stereocenters. The molecule has 0 bridgehead atoms. The number of nitrogens with one attached hydrogen (secondary N) is 1. The highest BCUT2D eigenvalue weighted by molar-refractivity contribution is 5.61. The number of nitrogens with zero attached hydrogens (tertiary/aromatic N) is 1. The van der Waals surface area contributed by atoms with Gasteiger partial charge in [0, 0.05) is 37.8 Å². The fraction of sp³-hybridized carbons (Fsp3) is 0.625. The van der Waals surface area contributed by atoms with Crippen molar-refractivity contribution in [2.24, 2.45) is 11.8 Å². The highest BCUT2D eigenvalue weighted by atomic mass is 16.3. The second-order valence-corrected chi connectivity index (χ2v) is 6.39. The minimum atomic E-state index is -0.0467. The lowest BCUT2D eigenvalue weighted by molar-refractivity contribution is 0.123. The van der Waals surface area contributed by atoms with Crippen LogP contribution >= 0.6 is 0 Å². The van der Waals surface area contributed by atoms with Gasteiger partial charge >= 0.3 is 0 Å². The summed E-state index contributed by atoms with van der Waals surface area (Å²) in [6.45, 7) is 4.37. The largest absolute Gasteiger partial charge is 0.393 e. The number of anilines is 1. The molecule has 1 aliphatic carbocycles. The molecule has 1 aromatic rings. The fourth-order valence-corrected chi connectivity index (χ4v) is 4.24. The zero-order chi connectivity index (χ0) is 12.8. The molecule has 19 heavy (non-hydrogen) atoms. The summed E-state index contributed by atoms with van der Waals surface area (Å²) in [6, 6.07) is 6.68. The standard InChI is InChI=1S/C16H22N2O/c19-15-5-4-12-8-18(10-14(12)15)9-13-3-1-2-11-6-7-17-16(11)13/h1-3,12,14-15,17,19H,4-10H2. The molecule has 3 heteroatoms. The Morgan fingerprint density at radius 2 is 2.21 bits per heavy atom. The third-order valence-corrected chi connectivity index (χ3v) is 5.22. The fourth-order valence-electron chi connectivity index (χ4n) is 4.24. The Morgan fingerprint density at radius 1 is 1.26 bits per heavy atom. The normalized spacial score (nSPS) is 33.2. The molecule has 3 aliphatic rings. The maximum absolute atomic E-state index is 10.00. The number of benzene rings is 1. The summed E-state index contributed by atoms with van der Waals surface area (Å²) in [6.07, 6.45) is 3.35. The molecule has 3 unspecified atom stereocenters. The highest BCUT2D eigenvalue weighted by Crippen LogP contribution is 2.39. The van der Waals surface area contributed by atoms with E-state index in [4.69, 9.17) is 0 Å². The average Bonchev–Trinajstić information content (AvgIpc) is 3.08. The molecular weight excluding hydrogens is 236 g/mol. The van der Waals surface area contributed by atoms with Gasteiger partial charge in [0.2, 0.25) is 0 Å². The van der Waals surface area contributed by atoms with Crippen LogP contribution in [0.15, 0.2) is 18.2 Å². The molecule has 0 aromatic heterocycles. The maximum atomic E-state index is 10.00. The van der Waals surface area contributed by atoms with Gasteiger partial charge in [-0.05, 0) is 36.3 Å². The van der Waals surface area contributed by atoms with Crippen LogP contribution in [-0.2, 0) is 13.0 Å². The quantitative estimate of drug-likeness (QED) is 0.850. The van der Waals surface area contributed by atoms with Crippen molar-refractivity contribution >= 4 is 5.69 Å². The topological polar surface area (TPSA) is 35.5 Å². The third kappa shape index (κ3) is 1.96. The minimum Gasteiger partial charge on any atom is -0.393 e. The lowest BCUT2D eigenvalue weighted by Gasteiger charge is -2.19. The van der Waals surface area contributed by atoms with Gasteiger partial charge in [-0.3, -0.25) is 4.90 Å². The number of rotatable bonds is 2. The van der Waals surface area contributed by atoms with Gasteiger partial charge in [-0.1, -0.05) is 18.2 Å². The molecular formula is C16H22N2O. The summed E-state index contributed by atoms with van der Waals surface area (Å²) in [5, 5.41) is 13.5. The van der Waals surface area contributed by atoms with Gasteiger partial charge in [0.15, 0.2) is 0 Å². The van der Waals surface area contributed by atoms with Crippen LogP contribution < -0.4 is 5.32 Å². The number of hydrogen-bond acceptors (Lipinski definition) is 3. The number of hydrogen-bond donors (Lipinski definition) is 2. The Hall–Kier alpha value is -1.06. The van der Waals surface area contributed by atoms with Crippen molar-refractivity contribution in [1.29, 1.82) is 0 Å². The first-order valence-corrected chi connectivity index (χ1v) is 7.56. The zero-order valence-electron chi connectivity index (χ0n) is 11.3. The van der Waals surface area contributed by atoms with Crippen LogP contribution in [0.25, 0.3) is 0 Å². The van der Waals surface area contributed by atoms with Crippen molar-refractivity contribution in [3.63, 3.8) is 0 Å². The third-order valence-electron chi connectivity index (χ3n) is 5.22. The van der Waals surface area contributed by atoms with E-state index in [0.29, 0.717) is 5.92 Å². The predicted octanol–water partition coefficient (Wildman–Crippen LogP) is 1.86. The number of aliphatic hydroxyl groups excluding tert-OH is 1. The molecule has 1 aromatic carbocycles. The van der Waals surface area contributed by atoms with E-state index in [1.807, 2.05) is 0 Å². The molecule has 1 saturated heterocycles. The second kappa shape index (κ2) is 4.50. The van der Waals surface area contributed by atoms with Crippen LogP contribution in [0.1, 0.15) is 24.0 Å². The van der Waals surface area contributed by atoms with E-state index in [1.165, 1.54) is 29.8 Å². The Morgan fingerprint density at radius 3 is 3.11 bits per heavy atom. The molecule has 2 N–H and O–H groups in total. The van der Waals surface area contributed by atoms with Crippen molar-refractivity contribution in [2.75, 3.05) is 25.0 Å². The molecule has 2 fully saturated rings. The molecule has 2 aliphatic heterocycles. The van der Waals surface area contributed by atoms with Crippen molar-refractivity contribution in [2.45, 2.75) is 31.9 Å². The number of aliphatic hydroxyl groups is 1. The monoisotopic (exact) mass is 258 g/mol. The van der Waals surface area contributed by atoms with Gasteiger partial charge in [0.05, 0.1) is 6.10 Å². The number of para-hydroxylation sites is 1. The van der Waals surface area contributed by atoms with Crippen LogP contribution in [0, 0.1) is 11.8 Å². The molecule has 3 nitrogen and oxygen atoms in total. The van der Waals surface area contributed by atoms with Crippen LogP contribution in [0.4, 0.5) is 5.69 Å². The lowest BCUT2D eigenvalue weighted by Crippen LogP contribution is -2.24. The maximum Gasteiger partial charge on any atom is 0.0583 e. The van der Waals surface area contributed by atoms with Crippen LogP contribution in [0.5, 0.6) is 0 Å². The van der Waals surface area contributed by atoms with Crippen molar-refractivity contribution in [1.82, 2.24) is 4.90 Å². The summed E-state index contributed by atoms with van der Waals surface area (Å²) in [5.74, 6) is 1.27. The second-order valence-electron chi connectivity index (χ2n) is 6.39. The van der Waals surface area contributed by atoms with Gasteiger partial charge in [-0.2, -0.15) is 0 Å². The van der Waals surface area contributed by atoms with E-state index >= 15 is 0 Å². The van der Waals surface area contributed by atoms with Crippen molar-refractivity contribution < 1.29 is 5.11 Å². The lowest BCUT2D eigenvalue weighted by atomic mass is 10.00. The van der Waals surface area contributed by atoms with Gasteiger partial charge in [-0.25, -0.2) is 0 Å². The first-order chi connectivity index (χ1) is 9.31. The minimum absolute atomic E-state index is 0.0467. The van der Waals surface area contributed by atoms with Crippen molar-refractivity contribution in [3.8, 4) is 0 Å². The van der Waals surface area contributed by atoms with E-state index in [9.17, 15) is 5.11 Å². The zero-order valence-corrected chi connectivity index (χ0v) is 11.3. The molecule has 4 rings (SSSR count). The highest BCUT2D eigenvalue weighted by Gasteiger charge is 2.41. The Labute approximate surface area is 114 Å². The van der Waals surface area contributed by atoms with E-state index < -0.39 is 0 Å². The summed E-state index contributed by atoms with van der Waals surface area (Å²) in [5.41, 5.74) is 4.28. The van der Waals surface area contributed by atoms with Gasteiger partial charge in [-0.15, -0.1) is 0 Å². The molecule has 102 valence electrons. The molecule has 2 heterocycles. The van der Waals surface area contributed by atoms with Crippen LogP contribution in [-0.4, -0.2) is 35.7 Å². The predicted molar refractivity (Wildman–Crippen MR) is 76.1 cm³/mol. The first-order valence-electron chi connectivity index (χ1n) is 7.56. The van der Waals surface area contributed by atoms with E-state index in [-0.39, 0.29) is 6.10 Å². The Kier molecular flexibility index (Phi) is 2.78. The number of fused-ring (bicyclic) bond motifs is 2. The average molecular weight is 258 g/mol. The molecule has 0 spiro atoms. The summed E-state index contributed by atoms with van der Waals surface area (Å²) < 4.78 is 0. The van der Waals surface area contributed by atoms with Gasteiger partial charge in [0.25, 0.3) is 0 Å². The van der Waals surface area contributed by atoms with Gasteiger partial charge in [0.1, 0.15) is 0 Å². The summed E-state index contributed by atoms with van der Waals surface area (Å²) in [4.78, 5) is 2.54. The molecule has 0 radical (unpaired) electrons. The van der Waals surface area contributed by atoms with Crippen molar-refractivity contribution in [3.05, 3.63) is 29.3 Å². The molecule has 0 amide bonds. The van der Waals surface area contributed by atoms with Gasteiger partial charge < -0.3 is 10.4 Å². The van der Waals surface area contributed by atoms with E-state index in [0.717, 1.165) is 38.4 Å². The van der Waals surface area contributed by atoms with Crippen LogP contribution in [0.3, 0.4) is 0 Å². The summed E-state index contributed by atoms with van der Waals surface area (Å²) >= 11 is 0. The molecule has 1 saturated carbocycles. The van der Waals surface area contributed by atoms with E-state index in [2.05, 4.69) is 28.4 Å². The Balaban J connectivity index is 1.50. The first kappa shape index (κ1) is 11.7. The smallest absolute Gasteiger partial charge is 0.0583 e.